The number of thiazole rings is 1. The normalized spacial score (nSPS) is 15.7. The molecular weight excluding hydrogens is 428 g/mol. The van der Waals surface area contributed by atoms with Crippen molar-refractivity contribution < 1.29 is 23.8 Å². The van der Waals surface area contributed by atoms with E-state index >= 15 is 0 Å². The van der Waals surface area contributed by atoms with Crippen LogP contribution in [0.25, 0.3) is 10.2 Å². The molecule has 168 valence electrons. The summed E-state index contributed by atoms with van der Waals surface area (Å²) in [6, 6.07) is 13.4. The third kappa shape index (κ3) is 4.85. The fraction of sp³-hybridized carbons (Fsp3) is 0.375. The second-order valence-corrected chi connectivity index (χ2v) is 8.50. The highest BCUT2D eigenvalue weighted by molar-refractivity contribution is 7.16. The molecule has 3 aromatic rings. The van der Waals surface area contributed by atoms with Gasteiger partial charge in [0.05, 0.1) is 16.8 Å². The number of carbonyl (C=O) groups excluding carboxylic acids is 2. The highest BCUT2D eigenvalue weighted by atomic mass is 32.1. The number of fused-ring (bicyclic) bond motifs is 2. The number of para-hydroxylation sites is 2. The third-order valence-electron chi connectivity index (χ3n) is 5.15. The molecule has 32 heavy (non-hydrogen) atoms. The van der Waals surface area contributed by atoms with Crippen molar-refractivity contribution in [3.05, 3.63) is 52.8 Å². The molecule has 0 spiro atoms. The summed E-state index contributed by atoms with van der Waals surface area (Å²) in [4.78, 5) is 29.9. The van der Waals surface area contributed by atoms with Crippen molar-refractivity contribution in [1.82, 2.24) is 4.57 Å². The van der Waals surface area contributed by atoms with E-state index < -0.39 is 12.0 Å². The minimum Gasteiger partial charge on any atom is -0.485 e. The van der Waals surface area contributed by atoms with Crippen molar-refractivity contribution in [2.75, 3.05) is 13.2 Å². The van der Waals surface area contributed by atoms with E-state index in [2.05, 4.69) is 24.0 Å². The maximum absolute atomic E-state index is 12.9. The van der Waals surface area contributed by atoms with Crippen LogP contribution < -0.4 is 14.3 Å². The molecule has 1 unspecified atom stereocenters. The van der Waals surface area contributed by atoms with E-state index in [4.69, 9.17) is 14.2 Å². The molecule has 0 saturated heterocycles. The van der Waals surface area contributed by atoms with Gasteiger partial charge in [0.1, 0.15) is 13.2 Å². The number of esters is 1. The maximum atomic E-state index is 12.9. The summed E-state index contributed by atoms with van der Waals surface area (Å²) < 4.78 is 19.3. The largest absolute Gasteiger partial charge is 0.485 e. The van der Waals surface area contributed by atoms with E-state index in [9.17, 15) is 9.59 Å². The summed E-state index contributed by atoms with van der Waals surface area (Å²) in [5.74, 6) is 0.302. The first-order valence-electron chi connectivity index (χ1n) is 10.8. The van der Waals surface area contributed by atoms with Crippen molar-refractivity contribution in [2.24, 2.45) is 4.99 Å². The molecule has 1 aliphatic rings. The molecule has 1 atom stereocenters. The molecule has 2 aromatic carbocycles. The Kier molecular flexibility index (Phi) is 6.90. The van der Waals surface area contributed by atoms with Gasteiger partial charge in [0.2, 0.25) is 6.10 Å². The molecule has 0 saturated carbocycles. The number of carbonyl (C=O) groups is 2. The Morgan fingerprint density at radius 3 is 2.78 bits per heavy atom. The number of aromatic nitrogens is 1. The van der Waals surface area contributed by atoms with Crippen LogP contribution >= 0.6 is 11.3 Å². The topological polar surface area (TPSA) is 79.1 Å². The summed E-state index contributed by atoms with van der Waals surface area (Å²) >= 11 is 1.38. The highest BCUT2D eigenvalue weighted by Gasteiger charge is 2.27. The zero-order valence-corrected chi connectivity index (χ0v) is 19.0. The van der Waals surface area contributed by atoms with E-state index in [0.29, 0.717) is 22.9 Å². The third-order valence-corrected chi connectivity index (χ3v) is 6.19. The Morgan fingerprint density at radius 1 is 1.19 bits per heavy atom. The van der Waals surface area contributed by atoms with Gasteiger partial charge in [0.25, 0.3) is 5.91 Å². The summed E-state index contributed by atoms with van der Waals surface area (Å²) in [7, 11) is 0. The number of amides is 1. The van der Waals surface area contributed by atoms with Gasteiger partial charge >= 0.3 is 5.97 Å². The van der Waals surface area contributed by atoms with Crippen LogP contribution in [0, 0.1) is 0 Å². The van der Waals surface area contributed by atoms with Gasteiger partial charge in [-0.3, -0.25) is 9.59 Å². The van der Waals surface area contributed by atoms with Crippen LogP contribution in [0.5, 0.6) is 11.5 Å². The Hall–Kier alpha value is -3.13. The molecule has 0 radical (unpaired) electrons. The molecule has 2 heterocycles. The van der Waals surface area contributed by atoms with E-state index in [1.165, 1.54) is 16.9 Å². The lowest BCUT2D eigenvalue weighted by Crippen LogP contribution is -2.37. The average Bonchev–Trinajstić information content (AvgIpc) is 3.13. The fourth-order valence-electron chi connectivity index (χ4n) is 3.54. The van der Waals surface area contributed by atoms with E-state index in [-0.39, 0.29) is 19.1 Å². The van der Waals surface area contributed by atoms with Crippen LogP contribution in [0.3, 0.4) is 0 Å². The monoisotopic (exact) mass is 454 g/mol. The maximum Gasteiger partial charge on any atom is 0.326 e. The first-order valence-corrected chi connectivity index (χ1v) is 11.7. The average molecular weight is 455 g/mol. The van der Waals surface area contributed by atoms with Gasteiger partial charge in [-0.1, -0.05) is 42.9 Å². The molecule has 1 amide bonds. The lowest BCUT2D eigenvalue weighted by Gasteiger charge is -2.23. The van der Waals surface area contributed by atoms with E-state index in [1.807, 2.05) is 18.2 Å². The number of hydrogen-bond acceptors (Lipinski definition) is 6. The van der Waals surface area contributed by atoms with Crippen molar-refractivity contribution in [3.8, 4) is 11.5 Å². The summed E-state index contributed by atoms with van der Waals surface area (Å²) in [5.41, 5.74) is 2.07. The molecule has 7 nitrogen and oxygen atoms in total. The molecule has 4 rings (SSSR count). The minimum absolute atomic E-state index is 0.0148. The Labute approximate surface area is 190 Å². The quantitative estimate of drug-likeness (QED) is 0.507. The van der Waals surface area contributed by atoms with Gasteiger partial charge in [-0.25, -0.2) is 0 Å². The van der Waals surface area contributed by atoms with E-state index in [0.717, 1.165) is 29.5 Å². The van der Waals surface area contributed by atoms with Crippen LogP contribution in [0.1, 0.15) is 32.3 Å². The SMILES string of the molecule is CCCCc1ccc2c(c1)sc(=NC(=O)C1COc3ccccc3O1)n2CC(=O)OCC. The Balaban J connectivity index is 1.68. The number of benzene rings is 2. The summed E-state index contributed by atoms with van der Waals surface area (Å²) in [5, 5.41) is 0. The van der Waals surface area contributed by atoms with Crippen LogP contribution in [0.15, 0.2) is 47.5 Å². The lowest BCUT2D eigenvalue weighted by atomic mass is 10.1. The molecule has 8 heteroatoms. The number of unbranched alkanes of at least 4 members (excludes halogenated alkanes) is 1. The van der Waals surface area contributed by atoms with Crippen molar-refractivity contribution >= 4 is 33.4 Å². The predicted octanol–water partition coefficient (Wildman–Crippen LogP) is 3.88. The molecule has 0 aliphatic carbocycles. The van der Waals surface area contributed by atoms with Gasteiger partial charge in [-0.2, -0.15) is 4.99 Å². The second-order valence-electron chi connectivity index (χ2n) is 7.50. The van der Waals surface area contributed by atoms with Gasteiger partial charge < -0.3 is 18.8 Å². The number of rotatable bonds is 7. The van der Waals surface area contributed by atoms with Gasteiger partial charge in [-0.05, 0) is 49.6 Å². The molecular formula is C24H26N2O5S. The Bertz CT molecular complexity index is 1200. The summed E-state index contributed by atoms with van der Waals surface area (Å²) in [6.07, 6.45) is 2.37. The van der Waals surface area contributed by atoms with Crippen LogP contribution in [-0.2, 0) is 27.3 Å². The zero-order chi connectivity index (χ0) is 22.5. The second kappa shape index (κ2) is 9.99. The number of ether oxygens (including phenoxy) is 3. The first-order chi connectivity index (χ1) is 15.6. The lowest BCUT2D eigenvalue weighted by molar-refractivity contribution is -0.143. The molecule has 0 bridgehead atoms. The van der Waals surface area contributed by atoms with Crippen molar-refractivity contribution in [2.45, 2.75) is 45.8 Å². The predicted molar refractivity (Wildman–Crippen MR) is 122 cm³/mol. The highest BCUT2D eigenvalue weighted by Crippen LogP contribution is 2.31. The number of hydrogen-bond donors (Lipinski definition) is 0. The number of nitrogens with zero attached hydrogens (tertiary/aromatic N) is 2. The Morgan fingerprint density at radius 2 is 2.00 bits per heavy atom. The molecule has 0 fully saturated rings. The fourth-order valence-corrected chi connectivity index (χ4v) is 4.63. The van der Waals surface area contributed by atoms with E-state index in [1.54, 1.807) is 23.6 Å². The van der Waals surface area contributed by atoms with Crippen LogP contribution in [0.2, 0.25) is 0 Å². The summed E-state index contributed by atoms with van der Waals surface area (Å²) in [6.45, 7) is 4.29. The zero-order valence-electron chi connectivity index (χ0n) is 18.2. The standard InChI is InChI=1S/C24H26N2O5S/c1-3-5-8-16-11-12-17-21(13-16)32-24(26(17)14-22(27)29-4-2)25-23(28)20-15-30-18-9-6-7-10-19(18)31-20/h6-7,9-13,20H,3-5,8,14-15H2,1-2H3. The first kappa shape index (κ1) is 22.1. The van der Waals surface area contributed by atoms with Gasteiger partial charge in [0.15, 0.2) is 16.3 Å². The minimum atomic E-state index is -0.841. The van der Waals surface area contributed by atoms with Gasteiger partial charge in [-0.15, -0.1) is 0 Å². The van der Waals surface area contributed by atoms with Crippen molar-refractivity contribution in [1.29, 1.82) is 0 Å². The number of aryl methyl sites for hydroxylation is 1. The van der Waals surface area contributed by atoms with Gasteiger partial charge in [0, 0.05) is 0 Å². The molecule has 1 aliphatic heterocycles. The van der Waals surface area contributed by atoms with Crippen LogP contribution in [0.4, 0.5) is 0 Å². The van der Waals surface area contributed by atoms with Crippen LogP contribution in [-0.4, -0.2) is 35.8 Å². The molecule has 0 N–H and O–H groups in total. The van der Waals surface area contributed by atoms with Crippen molar-refractivity contribution in [3.63, 3.8) is 0 Å². The molecule has 1 aromatic heterocycles. The smallest absolute Gasteiger partial charge is 0.326 e.